The Labute approximate surface area is 160 Å². The van der Waals surface area contributed by atoms with E-state index in [-0.39, 0.29) is 30.3 Å². The first-order valence-electron chi connectivity index (χ1n) is 9.32. The Morgan fingerprint density at radius 1 is 1.29 bits per heavy atom. The van der Waals surface area contributed by atoms with Crippen molar-refractivity contribution in [1.29, 1.82) is 0 Å². The van der Waals surface area contributed by atoms with Gasteiger partial charge in [-0.05, 0) is 44.7 Å². The van der Waals surface area contributed by atoms with Crippen LogP contribution in [-0.4, -0.2) is 23.2 Å². The number of halogens is 3. The van der Waals surface area contributed by atoms with E-state index in [0.29, 0.717) is 18.5 Å². The number of carbonyl (C=O) groups is 1. The summed E-state index contributed by atoms with van der Waals surface area (Å²) < 4.78 is 45.5. The maximum atomic E-state index is 13.2. The topological polar surface area (TPSA) is 71.2 Å². The van der Waals surface area contributed by atoms with Crippen LogP contribution in [0.3, 0.4) is 0 Å². The maximum Gasteiger partial charge on any atom is 0.395 e. The second kappa shape index (κ2) is 8.24. The van der Waals surface area contributed by atoms with Gasteiger partial charge in [-0.2, -0.15) is 13.2 Å². The van der Waals surface area contributed by atoms with E-state index < -0.39 is 23.9 Å². The summed E-state index contributed by atoms with van der Waals surface area (Å²) in [6, 6.07) is 2.73. The normalized spacial score (nSPS) is 25.5. The number of ether oxygens (including phenoxy) is 1. The SMILES string of the molecule is CC1=CCC(OC2=CC(C(F)(F)F)CCC2C(=O)Nc2cc[nH]c(=O)c2)CC1. The van der Waals surface area contributed by atoms with E-state index in [1.165, 1.54) is 23.9 Å². The van der Waals surface area contributed by atoms with Crippen LogP contribution in [-0.2, 0) is 9.53 Å². The Morgan fingerprint density at radius 3 is 2.71 bits per heavy atom. The Kier molecular flexibility index (Phi) is 5.96. The van der Waals surface area contributed by atoms with Crippen LogP contribution in [0.5, 0.6) is 0 Å². The molecule has 5 nitrogen and oxygen atoms in total. The van der Waals surface area contributed by atoms with E-state index in [0.717, 1.165) is 12.5 Å². The minimum Gasteiger partial charge on any atom is -0.494 e. The minimum absolute atomic E-state index is 0.0343. The summed E-state index contributed by atoms with van der Waals surface area (Å²) in [7, 11) is 0. The van der Waals surface area contributed by atoms with Crippen LogP contribution in [0.4, 0.5) is 18.9 Å². The highest BCUT2D eigenvalue weighted by Crippen LogP contribution is 2.40. The smallest absolute Gasteiger partial charge is 0.395 e. The molecule has 0 aliphatic heterocycles. The first kappa shape index (κ1) is 20.2. The number of aromatic nitrogens is 1. The van der Waals surface area contributed by atoms with Gasteiger partial charge in [-0.3, -0.25) is 9.59 Å². The standard InChI is InChI=1S/C20H23F3N2O3/c1-12-2-5-15(6-3-12)28-17-10-13(20(21,22)23)4-7-16(17)19(27)25-14-8-9-24-18(26)11-14/h2,8-11,13,15-16H,3-7H2,1H3,(H2,24,25,26,27). The summed E-state index contributed by atoms with van der Waals surface area (Å²) in [6.45, 7) is 2.01. The fraction of sp³-hybridized carbons (Fsp3) is 0.500. The van der Waals surface area contributed by atoms with Crippen LogP contribution >= 0.6 is 0 Å². The molecule has 8 heteroatoms. The molecule has 3 atom stereocenters. The molecule has 2 N–H and O–H groups in total. The third-order valence-corrected chi connectivity index (χ3v) is 5.15. The van der Waals surface area contributed by atoms with E-state index in [9.17, 15) is 22.8 Å². The fourth-order valence-electron chi connectivity index (χ4n) is 3.52. The minimum atomic E-state index is -4.37. The van der Waals surface area contributed by atoms with Crippen LogP contribution in [0, 0.1) is 11.8 Å². The molecule has 1 aromatic heterocycles. The number of carbonyl (C=O) groups excluding carboxylic acids is 1. The number of allylic oxidation sites excluding steroid dienone is 2. The second-order valence-electron chi connectivity index (χ2n) is 7.34. The van der Waals surface area contributed by atoms with Crippen molar-refractivity contribution >= 4 is 11.6 Å². The van der Waals surface area contributed by atoms with Gasteiger partial charge in [0.25, 0.3) is 0 Å². The van der Waals surface area contributed by atoms with Crippen molar-refractivity contribution in [3.63, 3.8) is 0 Å². The lowest BCUT2D eigenvalue weighted by atomic mass is 9.85. The average Bonchev–Trinajstić information content (AvgIpc) is 2.63. The number of aromatic amines is 1. The molecule has 2 aliphatic rings. The molecule has 3 rings (SSSR count). The molecule has 0 radical (unpaired) electrons. The van der Waals surface area contributed by atoms with Gasteiger partial charge in [0.2, 0.25) is 11.5 Å². The van der Waals surface area contributed by atoms with Gasteiger partial charge in [0.15, 0.2) is 0 Å². The van der Waals surface area contributed by atoms with Crippen LogP contribution in [0.2, 0.25) is 0 Å². The number of hydrogen-bond donors (Lipinski definition) is 2. The van der Waals surface area contributed by atoms with E-state index in [1.807, 2.05) is 13.0 Å². The summed E-state index contributed by atoms with van der Waals surface area (Å²) in [5.74, 6) is -2.83. The third-order valence-electron chi connectivity index (χ3n) is 5.15. The monoisotopic (exact) mass is 396 g/mol. The number of anilines is 1. The van der Waals surface area contributed by atoms with E-state index >= 15 is 0 Å². The summed E-state index contributed by atoms with van der Waals surface area (Å²) in [5, 5.41) is 2.61. The molecule has 0 aromatic carbocycles. The molecule has 0 saturated heterocycles. The largest absolute Gasteiger partial charge is 0.494 e. The first-order valence-corrected chi connectivity index (χ1v) is 9.32. The number of amides is 1. The van der Waals surface area contributed by atoms with Gasteiger partial charge >= 0.3 is 6.18 Å². The Morgan fingerprint density at radius 2 is 2.07 bits per heavy atom. The van der Waals surface area contributed by atoms with Gasteiger partial charge < -0.3 is 15.0 Å². The molecule has 28 heavy (non-hydrogen) atoms. The van der Waals surface area contributed by atoms with Gasteiger partial charge in [0, 0.05) is 24.4 Å². The van der Waals surface area contributed by atoms with Crippen LogP contribution < -0.4 is 10.9 Å². The first-order chi connectivity index (χ1) is 13.2. The van der Waals surface area contributed by atoms with Gasteiger partial charge in [-0.1, -0.05) is 11.6 Å². The number of nitrogens with one attached hydrogen (secondary N) is 2. The molecule has 1 heterocycles. The molecule has 0 bridgehead atoms. The number of H-pyrrole nitrogens is 1. The molecule has 0 spiro atoms. The fourth-order valence-corrected chi connectivity index (χ4v) is 3.52. The Hall–Kier alpha value is -2.51. The molecule has 152 valence electrons. The molecular weight excluding hydrogens is 373 g/mol. The van der Waals surface area contributed by atoms with Gasteiger partial charge in [0.1, 0.15) is 11.9 Å². The van der Waals surface area contributed by atoms with Crippen molar-refractivity contribution in [3.8, 4) is 0 Å². The van der Waals surface area contributed by atoms with Crippen molar-refractivity contribution < 1.29 is 22.7 Å². The summed E-state index contributed by atoms with van der Waals surface area (Å²) in [6.07, 6.45) is 1.86. The predicted octanol–water partition coefficient (Wildman–Crippen LogP) is 4.30. The maximum absolute atomic E-state index is 13.2. The number of alkyl halides is 3. The summed E-state index contributed by atoms with van der Waals surface area (Å²) in [4.78, 5) is 26.5. The summed E-state index contributed by atoms with van der Waals surface area (Å²) >= 11 is 0. The second-order valence-corrected chi connectivity index (χ2v) is 7.34. The van der Waals surface area contributed by atoms with E-state index in [1.54, 1.807) is 0 Å². The van der Waals surface area contributed by atoms with Gasteiger partial charge in [0.05, 0.1) is 11.8 Å². The highest BCUT2D eigenvalue weighted by atomic mass is 19.4. The molecule has 1 aromatic rings. The van der Waals surface area contributed by atoms with E-state index in [2.05, 4.69) is 10.3 Å². The number of hydrogen-bond acceptors (Lipinski definition) is 3. The average molecular weight is 396 g/mol. The lowest BCUT2D eigenvalue weighted by Crippen LogP contribution is -2.34. The third kappa shape index (κ3) is 5.05. The molecular formula is C20H23F3N2O3. The lowest BCUT2D eigenvalue weighted by molar-refractivity contribution is -0.167. The zero-order valence-electron chi connectivity index (χ0n) is 15.5. The highest BCUT2D eigenvalue weighted by Gasteiger charge is 2.43. The lowest BCUT2D eigenvalue weighted by Gasteiger charge is -2.32. The van der Waals surface area contributed by atoms with Gasteiger partial charge in [-0.15, -0.1) is 0 Å². The highest BCUT2D eigenvalue weighted by molar-refractivity contribution is 5.94. The predicted molar refractivity (Wildman–Crippen MR) is 98.5 cm³/mol. The van der Waals surface area contributed by atoms with Crippen LogP contribution in [0.25, 0.3) is 0 Å². The zero-order valence-corrected chi connectivity index (χ0v) is 15.5. The molecule has 2 aliphatic carbocycles. The number of pyridine rings is 1. The van der Waals surface area contributed by atoms with Crippen LogP contribution in [0.1, 0.15) is 39.0 Å². The Balaban J connectivity index is 1.79. The Bertz CT molecular complexity index is 842. The van der Waals surface area contributed by atoms with Gasteiger partial charge in [-0.25, -0.2) is 0 Å². The molecule has 0 saturated carbocycles. The van der Waals surface area contributed by atoms with Crippen LogP contribution in [0.15, 0.2) is 46.6 Å². The van der Waals surface area contributed by atoms with Crippen molar-refractivity contribution in [1.82, 2.24) is 4.98 Å². The quantitative estimate of drug-likeness (QED) is 0.746. The van der Waals surface area contributed by atoms with Crippen molar-refractivity contribution in [3.05, 3.63) is 52.2 Å². The molecule has 0 fully saturated rings. The molecule has 1 amide bonds. The van der Waals surface area contributed by atoms with Crippen molar-refractivity contribution in [2.75, 3.05) is 5.32 Å². The van der Waals surface area contributed by atoms with E-state index in [4.69, 9.17) is 4.74 Å². The van der Waals surface area contributed by atoms with Crippen molar-refractivity contribution in [2.24, 2.45) is 11.8 Å². The number of rotatable bonds is 4. The zero-order chi connectivity index (χ0) is 20.3. The summed E-state index contributed by atoms with van der Waals surface area (Å²) in [5.41, 5.74) is 1.14. The van der Waals surface area contributed by atoms with Crippen molar-refractivity contribution in [2.45, 2.75) is 51.3 Å². The molecule has 3 unspecified atom stereocenters.